The highest BCUT2D eigenvalue weighted by Crippen LogP contribution is 2.29. The zero-order valence-electron chi connectivity index (χ0n) is 9.53. The fourth-order valence-electron chi connectivity index (χ4n) is 1.70. The Morgan fingerprint density at radius 3 is 2.29 bits per heavy atom. The first kappa shape index (κ1) is 11.4. The molecule has 1 aliphatic carbocycles. The smallest absolute Gasteiger partial charge is 0.334 e. The van der Waals surface area contributed by atoms with Crippen LogP contribution in [0.4, 0.5) is 5.69 Å². The second-order valence-corrected chi connectivity index (χ2v) is 3.77. The molecule has 1 aliphatic rings. The van der Waals surface area contributed by atoms with Crippen molar-refractivity contribution in [2.75, 3.05) is 12.4 Å². The van der Waals surface area contributed by atoms with Gasteiger partial charge in [0.15, 0.2) is 0 Å². The summed E-state index contributed by atoms with van der Waals surface area (Å²) in [6, 6.07) is 9.15. The van der Waals surface area contributed by atoms with Crippen LogP contribution in [0.2, 0.25) is 0 Å². The molecule has 4 nitrogen and oxygen atoms in total. The van der Waals surface area contributed by atoms with Gasteiger partial charge in [0, 0.05) is 16.8 Å². The molecule has 0 heterocycles. The molecule has 0 saturated heterocycles. The standard InChI is InChI=1S/C13H13NO3/c1-17-13(16)11-8-7-10(11)12(15)14-9-5-3-2-4-6-9/h2-6H,7-8H2,1H3,(H,14,15). The highest BCUT2D eigenvalue weighted by molar-refractivity contribution is 6.10. The second-order valence-electron chi connectivity index (χ2n) is 3.77. The lowest BCUT2D eigenvalue weighted by Crippen LogP contribution is -2.25. The molecular formula is C13H13NO3. The van der Waals surface area contributed by atoms with Crippen molar-refractivity contribution in [1.29, 1.82) is 0 Å². The van der Waals surface area contributed by atoms with Crippen LogP contribution in [0, 0.1) is 0 Å². The number of nitrogens with one attached hydrogen (secondary N) is 1. The van der Waals surface area contributed by atoms with Crippen molar-refractivity contribution in [3.63, 3.8) is 0 Å². The Bertz CT molecular complexity index is 477. The van der Waals surface area contributed by atoms with Crippen LogP contribution in [0.15, 0.2) is 41.5 Å². The Labute approximate surface area is 99.3 Å². The van der Waals surface area contributed by atoms with Gasteiger partial charge in [0.05, 0.1) is 7.11 Å². The van der Waals surface area contributed by atoms with Crippen molar-refractivity contribution in [3.8, 4) is 0 Å². The summed E-state index contributed by atoms with van der Waals surface area (Å²) in [6.07, 6.45) is 1.24. The van der Waals surface area contributed by atoms with E-state index in [-0.39, 0.29) is 5.91 Å². The molecule has 4 heteroatoms. The van der Waals surface area contributed by atoms with Gasteiger partial charge >= 0.3 is 5.97 Å². The number of carbonyl (C=O) groups is 2. The zero-order chi connectivity index (χ0) is 12.3. The van der Waals surface area contributed by atoms with Gasteiger partial charge < -0.3 is 10.1 Å². The number of esters is 1. The third-order valence-corrected chi connectivity index (χ3v) is 2.73. The van der Waals surface area contributed by atoms with E-state index in [0.717, 1.165) is 5.69 Å². The summed E-state index contributed by atoms with van der Waals surface area (Å²) in [5, 5.41) is 2.75. The summed E-state index contributed by atoms with van der Waals surface area (Å²) in [6.45, 7) is 0. The molecule has 1 amide bonds. The largest absolute Gasteiger partial charge is 0.466 e. The average Bonchev–Trinajstić information content (AvgIpc) is 2.28. The van der Waals surface area contributed by atoms with Gasteiger partial charge in [-0.25, -0.2) is 4.79 Å². The topological polar surface area (TPSA) is 55.4 Å². The molecular weight excluding hydrogens is 218 g/mol. The quantitative estimate of drug-likeness (QED) is 0.808. The average molecular weight is 231 g/mol. The molecule has 1 aromatic carbocycles. The van der Waals surface area contributed by atoms with Gasteiger partial charge in [-0.15, -0.1) is 0 Å². The molecule has 0 saturated carbocycles. The molecule has 0 fully saturated rings. The van der Waals surface area contributed by atoms with Crippen molar-refractivity contribution in [1.82, 2.24) is 0 Å². The number of ether oxygens (including phenoxy) is 1. The maximum absolute atomic E-state index is 11.8. The summed E-state index contributed by atoms with van der Waals surface area (Å²) < 4.78 is 4.61. The molecule has 17 heavy (non-hydrogen) atoms. The highest BCUT2D eigenvalue weighted by atomic mass is 16.5. The molecule has 0 aliphatic heterocycles. The molecule has 0 unspecified atom stereocenters. The molecule has 88 valence electrons. The fraction of sp³-hybridized carbons (Fsp3) is 0.231. The summed E-state index contributed by atoms with van der Waals surface area (Å²) in [7, 11) is 1.32. The van der Waals surface area contributed by atoms with Gasteiger partial charge in [0.1, 0.15) is 0 Å². The lowest BCUT2D eigenvalue weighted by molar-refractivity contribution is -0.137. The van der Waals surface area contributed by atoms with Crippen LogP contribution in [0.25, 0.3) is 0 Å². The van der Waals surface area contributed by atoms with E-state index in [1.165, 1.54) is 7.11 Å². The number of methoxy groups -OCH3 is 1. The summed E-state index contributed by atoms with van der Waals surface area (Å²) >= 11 is 0. The van der Waals surface area contributed by atoms with Crippen molar-refractivity contribution < 1.29 is 14.3 Å². The van der Waals surface area contributed by atoms with Crippen LogP contribution in [0.1, 0.15) is 12.8 Å². The van der Waals surface area contributed by atoms with Crippen LogP contribution >= 0.6 is 0 Å². The minimum atomic E-state index is -0.408. The minimum absolute atomic E-state index is 0.220. The minimum Gasteiger partial charge on any atom is -0.466 e. The molecule has 1 aromatic rings. The van der Waals surface area contributed by atoms with Gasteiger partial charge in [-0.05, 0) is 25.0 Å². The third kappa shape index (κ3) is 2.36. The maximum Gasteiger partial charge on any atom is 0.334 e. The van der Waals surface area contributed by atoms with E-state index in [1.54, 1.807) is 12.1 Å². The Hall–Kier alpha value is -2.10. The summed E-state index contributed by atoms with van der Waals surface area (Å²) in [4.78, 5) is 23.2. The fourth-order valence-corrected chi connectivity index (χ4v) is 1.70. The van der Waals surface area contributed by atoms with Crippen LogP contribution < -0.4 is 5.32 Å². The van der Waals surface area contributed by atoms with Gasteiger partial charge in [-0.1, -0.05) is 18.2 Å². The van der Waals surface area contributed by atoms with E-state index in [0.29, 0.717) is 24.0 Å². The molecule has 0 aromatic heterocycles. The first-order valence-electron chi connectivity index (χ1n) is 5.39. The third-order valence-electron chi connectivity index (χ3n) is 2.73. The van der Waals surface area contributed by atoms with Crippen molar-refractivity contribution in [3.05, 3.63) is 41.5 Å². The predicted molar refractivity (Wildman–Crippen MR) is 63.3 cm³/mol. The van der Waals surface area contributed by atoms with Crippen molar-refractivity contribution >= 4 is 17.6 Å². The molecule has 0 spiro atoms. The van der Waals surface area contributed by atoms with Crippen LogP contribution in [0.5, 0.6) is 0 Å². The first-order valence-corrected chi connectivity index (χ1v) is 5.39. The number of para-hydroxylation sites is 1. The number of benzene rings is 1. The zero-order valence-corrected chi connectivity index (χ0v) is 9.53. The van der Waals surface area contributed by atoms with E-state index in [4.69, 9.17) is 0 Å². The van der Waals surface area contributed by atoms with Gasteiger partial charge in [0.2, 0.25) is 0 Å². The number of anilines is 1. The van der Waals surface area contributed by atoms with E-state index in [2.05, 4.69) is 10.1 Å². The number of carbonyl (C=O) groups excluding carboxylic acids is 2. The normalized spacial score (nSPS) is 13.9. The maximum atomic E-state index is 11.8. The number of amides is 1. The highest BCUT2D eigenvalue weighted by Gasteiger charge is 2.28. The monoisotopic (exact) mass is 231 g/mol. The number of hydrogen-bond donors (Lipinski definition) is 1. The van der Waals surface area contributed by atoms with Crippen molar-refractivity contribution in [2.45, 2.75) is 12.8 Å². The number of hydrogen-bond acceptors (Lipinski definition) is 3. The van der Waals surface area contributed by atoms with E-state index < -0.39 is 5.97 Å². The number of rotatable bonds is 3. The summed E-state index contributed by atoms with van der Waals surface area (Å²) in [5.41, 5.74) is 1.74. The lowest BCUT2D eigenvalue weighted by atomic mass is 9.88. The first-order chi connectivity index (χ1) is 8.22. The van der Waals surface area contributed by atoms with E-state index in [1.807, 2.05) is 18.2 Å². The van der Waals surface area contributed by atoms with Gasteiger partial charge in [-0.2, -0.15) is 0 Å². The van der Waals surface area contributed by atoms with Crippen molar-refractivity contribution in [2.24, 2.45) is 0 Å². The van der Waals surface area contributed by atoms with E-state index in [9.17, 15) is 9.59 Å². The van der Waals surface area contributed by atoms with Crippen LogP contribution in [-0.2, 0) is 14.3 Å². The Balaban J connectivity index is 2.09. The SMILES string of the molecule is COC(=O)C1=C(C(=O)Nc2ccccc2)CC1. The molecule has 1 N–H and O–H groups in total. The van der Waals surface area contributed by atoms with Gasteiger partial charge in [-0.3, -0.25) is 4.79 Å². The molecule has 0 atom stereocenters. The van der Waals surface area contributed by atoms with Gasteiger partial charge in [0.25, 0.3) is 5.91 Å². The Kier molecular flexibility index (Phi) is 3.23. The van der Waals surface area contributed by atoms with Crippen LogP contribution in [0.3, 0.4) is 0 Å². The molecule has 0 bridgehead atoms. The Morgan fingerprint density at radius 2 is 1.76 bits per heavy atom. The predicted octanol–water partition coefficient (Wildman–Crippen LogP) is 1.89. The van der Waals surface area contributed by atoms with Crippen LogP contribution in [-0.4, -0.2) is 19.0 Å². The molecule has 0 radical (unpaired) electrons. The Morgan fingerprint density at radius 1 is 1.12 bits per heavy atom. The lowest BCUT2D eigenvalue weighted by Gasteiger charge is -2.20. The summed E-state index contributed by atoms with van der Waals surface area (Å²) in [5.74, 6) is -0.627. The van der Waals surface area contributed by atoms with E-state index >= 15 is 0 Å². The second kappa shape index (κ2) is 4.82. The molecule has 2 rings (SSSR count).